The first-order valence-electron chi connectivity index (χ1n) is 6.59. The zero-order valence-electron chi connectivity index (χ0n) is 11.7. The average Bonchev–Trinajstić information content (AvgIpc) is 2.45. The summed E-state index contributed by atoms with van der Waals surface area (Å²) in [6.45, 7) is 7.21. The largest absolute Gasteiger partial charge is 0.461 e. The molecule has 0 spiro atoms. The lowest BCUT2D eigenvalue weighted by molar-refractivity contribution is -0.138. The number of carbonyl (C=O) groups excluding carboxylic acids is 1. The van der Waals surface area contributed by atoms with Crippen LogP contribution in [0, 0.1) is 0 Å². The van der Waals surface area contributed by atoms with Gasteiger partial charge in [-0.15, -0.1) is 0 Å². The summed E-state index contributed by atoms with van der Waals surface area (Å²) in [4.78, 5) is 13.7. The fraction of sp³-hybridized carbons (Fsp3) is 0.400. The van der Waals surface area contributed by atoms with E-state index in [-0.39, 0.29) is 5.97 Å². The quantitative estimate of drug-likeness (QED) is 0.564. The van der Waals surface area contributed by atoms with Gasteiger partial charge in [0.25, 0.3) is 0 Å². The van der Waals surface area contributed by atoms with Gasteiger partial charge >= 0.3 is 5.97 Å². The number of hydrogen-bond donors (Lipinski definition) is 0. The molecule has 0 aliphatic heterocycles. The molecule has 1 rings (SSSR count). The minimum Gasteiger partial charge on any atom is -0.461 e. The van der Waals surface area contributed by atoms with Crippen LogP contribution in [0.5, 0.6) is 0 Å². The van der Waals surface area contributed by atoms with Gasteiger partial charge in [0.05, 0.1) is 10.0 Å². The number of nitrogens with zero attached hydrogens (tertiary/aromatic N) is 1. The van der Waals surface area contributed by atoms with Crippen LogP contribution in [0.25, 0.3) is 6.08 Å². The molecule has 0 heterocycles. The molecule has 0 saturated heterocycles. The van der Waals surface area contributed by atoms with Crippen molar-refractivity contribution in [2.24, 2.45) is 0 Å². The van der Waals surface area contributed by atoms with E-state index in [2.05, 4.69) is 18.7 Å². The summed E-state index contributed by atoms with van der Waals surface area (Å²) in [5, 5.41) is 0.953. The summed E-state index contributed by atoms with van der Waals surface area (Å²) < 4.78 is 5.13. The number of carbonyl (C=O) groups is 1. The summed E-state index contributed by atoms with van der Waals surface area (Å²) in [5.41, 5.74) is 0.806. The van der Waals surface area contributed by atoms with E-state index in [1.54, 1.807) is 24.3 Å². The van der Waals surface area contributed by atoms with Crippen molar-refractivity contribution < 1.29 is 9.53 Å². The molecule has 20 heavy (non-hydrogen) atoms. The smallest absolute Gasteiger partial charge is 0.330 e. The van der Waals surface area contributed by atoms with Crippen LogP contribution in [0.3, 0.4) is 0 Å². The Morgan fingerprint density at radius 1 is 1.25 bits per heavy atom. The standard InChI is InChI=1S/C15H19Cl2NO2/c1-3-18(4-2)9-10-20-15(19)8-6-12-5-7-13(16)14(17)11-12/h5-8,11H,3-4,9-10H2,1-2H3/b8-6+. The second-order valence-corrected chi connectivity index (χ2v) is 5.02. The Morgan fingerprint density at radius 2 is 1.95 bits per heavy atom. The third-order valence-corrected chi connectivity index (χ3v) is 3.64. The lowest BCUT2D eigenvalue weighted by atomic mass is 10.2. The van der Waals surface area contributed by atoms with E-state index in [0.717, 1.165) is 25.2 Å². The number of halogens is 2. The van der Waals surface area contributed by atoms with Gasteiger partial charge in [0, 0.05) is 12.6 Å². The van der Waals surface area contributed by atoms with Gasteiger partial charge in [-0.25, -0.2) is 4.79 Å². The van der Waals surface area contributed by atoms with Crippen LogP contribution < -0.4 is 0 Å². The molecule has 0 N–H and O–H groups in total. The van der Waals surface area contributed by atoms with Crippen molar-refractivity contribution in [1.29, 1.82) is 0 Å². The van der Waals surface area contributed by atoms with Crippen LogP contribution in [0.1, 0.15) is 19.4 Å². The van der Waals surface area contributed by atoms with Crippen molar-refractivity contribution in [2.75, 3.05) is 26.2 Å². The fourth-order valence-electron chi connectivity index (χ4n) is 1.64. The molecule has 0 unspecified atom stereocenters. The molecule has 0 aliphatic carbocycles. The lowest BCUT2D eigenvalue weighted by Crippen LogP contribution is -2.27. The summed E-state index contributed by atoms with van der Waals surface area (Å²) in [6, 6.07) is 5.17. The van der Waals surface area contributed by atoms with Crippen molar-refractivity contribution in [3.05, 3.63) is 39.9 Å². The van der Waals surface area contributed by atoms with Crippen molar-refractivity contribution in [3.63, 3.8) is 0 Å². The van der Waals surface area contributed by atoms with E-state index < -0.39 is 0 Å². The van der Waals surface area contributed by atoms with Crippen LogP contribution in [0.4, 0.5) is 0 Å². The third kappa shape index (κ3) is 5.95. The molecule has 0 amide bonds. The number of hydrogen-bond acceptors (Lipinski definition) is 3. The maximum Gasteiger partial charge on any atom is 0.330 e. The molecule has 3 nitrogen and oxygen atoms in total. The lowest BCUT2D eigenvalue weighted by Gasteiger charge is -2.16. The highest BCUT2D eigenvalue weighted by Crippen LogP contribution is 2.23. The Morgan fingerprint density at radius 3 is 2.55 bits per heavy atom. The molecule has 0 fully saturated rings. The van der Waals surface area contributed by atoms with Gasteiger partial charge in [0.2, 0.25) is 0 Å². The Kier molecular flexibility index (Phi) is 7.67. The Bertz CT molecular complexity index is 471. The number of likely N-dealkylation sites (N-methyl/N-ethyl adjacent to an activating group) is 1. The van der Waals surface area contributed by atoms with E-state index >= 15 is 0 Å². The van der Waals surface area contributed by atoms with Gasteiger partial charge in [-0.1, -0.05) is 43.1 Å². The van der Waals surface area contributed by atoms with Crippen LogP contribution in [-0.4, -0.2) is 37.1 Å². The molecular weight excluding hydrogens is 297 g/mol. The van der Waals surface area contributed by atoms with E-state index in [0.29, 0.717) is 16.7 Å². The molecule has 1 aromatic rings. The zero-order valence-corrected chi connectivity index (χ0v) is 13.2. The summed E-state index contributed by atoms with van der Waals surface area (Å²) in [6.07, 6.45) is 3.05. The molecule has 110 valence electrons. The van der Waals surface area contributed by atoms with Gasteiger partial charge in [-0.2, -0.15) is 0 Å². The molecular formula is C15H19Cl2NO2. The maximum atomic E-state index is 11.5. The van der Waals surface area contributed by atoms with E-state index in [1.165, 1.54) is 6.08 Å². The first-order chi connectivity index (χ1) is 9.56. The molecule has 0 atom stereocenters. The van der Waals surface area contributed by atoms with Crippen molar-refractivity contribution in [1.82, 2.24) is 4.90 Å². The highest BCUT2D eigenvalue weighted by Gasteiger charge is 2.02. The van der Waals surface area contributed by atoms with E-state index in [4.69, 9.17) is 27.9 Å². The topological polar surface area (TPSA) is 29.5 Å². The number of esters is 1. The molecule has 0 saturated carbocycles. The molecule has 1 aromatic carbocycles. The molecule has 0 aromatic heterocycles. The van der Waals surface area contributed by atoms with Crippen molar-refractivity contribution in [2.45, 2.75) is 13.8 Å². The van der Waals surface area contributed by atoms with Gasteiger partial charge in [-0.05, 0) is 36.9 Å². The highest BCUT2D eigenvalue weighted by molar-refractivity contribution is 6.42. The second-order valence-electron chi connectivity index (χ2n) is 4.20. The van der Waals surface area contributed by atoms with Gasteiger partial charge in [0.1, 0.15) is 6.61 Å². The predicted octanol–water partition coefficient (Wildman–Crippen LogP) is 3.89. The number of ether oxygens (including phenoxy) is 1. The van der Waals surface area contributed by atoms with Gasteiger partial charge < -0.3 is 9.64 Å². The van der Waals surface area contributed by atoms with Crippen LogP contribution >= 0.6 is 23.2 Å². The summed E-state index contributed by atoms with van der Waals surface area (Å²) in [5.74, 6) is -0.358. The highest BCUT2D eigenvalue weighted by atomic mass is 35.5. The second kappa shape index (κ2) is 9.01. The van der Waals surface area contributed by atoms with E-state index in [1.807, 2.05) is 0 Å². The van der Waals surface area contributed by atoms with Crippen LogP contribution in [0.2, 0.25) is 10.0 Å². The molecule has 0 bridgehead atoms. The minimum atomic E-state index is -0.358. The zero-order chi connectivity index (χ0) is 15.0. The fourth-order valence-corrected chi connectivity index (χ4v) is 1.95. The Balaban J connectivity index is 2.41. The first kappa shape index (κ1) is 17.0. The van der Waals surface area contributed by atoms with Gasteiger partial charge in [0.15, 0.2) is 0 Å². The summed E-state index contributed by atoms with van der Waals surface area (Å²) >= 11 is 11.7. The molecule has 5 heteroatoms. The summed E-state index contributed by atoms with van der Waals surface area (Å²) in [7, 11) is 0. The number of rotatable bonds is 7. The van der Waals surface area contributed by atoms with Crippen LogP contribution in [-0.2, 0) is 9.53 Å². The predicted molar refractivity (Wildman–Crippen MR) is 84.2 cm³/mol. The average molecular weight is 316 g/mol. The Hall–Kier alpha value is -1.03. The first-order valence-corrected chi connectivity index (χ1v) is 7.34. The third-order valence-electron chi connectivity index (χ3n) is 2.90. The normalized spacial score (nSPS) is 11.2. The van der Waals surface area contributed by atoms with E-state index in [9.17, 15) is 4.79 Å². The molecule has 0 aliphatic rings. The van der Waals surface area contributed by atoms with Crippen molar-refractivity contribution >= 4 is 35.2 Å². The Labute approximate surface area is 130 Å². The molecule has 0 radical (unpaired) electrons. The number of benzene rings is 1. The van der Waals surface area contributed by atoms with Gasteiger partial charge in [-0.3, -0.25) is 0 Å². The monoisotopic (exact) mass is 315 g/mol. The SMILES string of the molecule is CCN(CC)CCOC(=O)/C=C/c1ccc(Cl)c(Cl)c1. The maximum absolute atomic E-state index is 11.5. The van der Waals surface area contributed by atoms with Crippen molar-refractivity contribution in [3.8, 4) is 0 Å². The minimum absolute atomic E-state index is 0.358. The van der Waals surface area contributed by atoms with Crippen LogP contribution in [0.15, 0.2) is 24.3 Å².